The van der Waals surface area contributed by atoms with E-state index in [1.54, 1.807) is 12.1 Å². The molecule has 94 valence electrons. The number of nitrogens with two attached hydrogens (primary N) is 1. The zero-order valence-corrected chi connectivity index (χ0v) is 10.9. The van der Waals surface area contributed by atoms with Gasteiger partial charge in [0.15, 0.2) is 0 Å². The van der Waals surface area contributed by atoms with Crippen LogP contribution in [0.25, 0.3) is 0 Å². The molecular weight excluding hydrogens is 213 g/mol. The lowest BCUT2D eigenvalue weighted by molar-refractivity contribution is 0.0629. The molecule has 1 aromatic carbocycles. The van der Waals surface area contributed by atoms with Crippen molar-refractivity contribution in [2.45, 2.75) is 45.1 Å². The van der Waals surface area contributed by atoms with Crippen molar-refractivity contribution in [2.24, 2.45) is 17.6 Å². The van der Waals surface area contributed by atoms with Crippen LogP contribution in [0.1, 0.15) is 39.2 Å². The van der Waals surface area contributed by atoms with E-state index >= 15 is 0 Å². The summed E-state index contributed by atoms with van der Waals surface area (Å²) in [4.78, 5) is 0. The Morgan fingerprint density at radius 2 is 1.88 bits per heavy atom. The van der Waals surface area contributed by atoms with Crippen LogP contribution in [0.3, 0.4) is 0 Å². The van der Waals surface area contributed by atoms with Gasteiger partial charge in [0.1, 0.15) is 5.82 Å². The van der Waals surface area contributed by atoms with E-state index in [-0.39, 0.29) is 11.2 Å². The van der Waals surface area contributed by atoms with E-state index in [4.69, 9.17) is 5.73 Å². The predicted octanol–water partition coefficient (Wildman–Crippen LogP) is 3.48. The maximum absolute atomic E-state index is 13.0. The lowest BCUT2D eigenvalue weighted by Gasteiger charge is -2.51. The van der Waals surface area contributed by atoms with Crippen molar-refractivity contribution in [2.75, 3.05) is 0 Å². The molecular formula is C15H22FN. The van der Waals surface area contributed by atoms with Gasteiger partial charge in [0.25, 0.3) is 0 Å². The van der Waals surface area contributed by atoms with Gasteiger partial charge >= 0.3 is 0 Å². The minimum absolute atomic E-state index is 0.0875. The van der Waals surface area contributed by atoms with Gasteiger partial charge in [-0.1, -0.05) is 39.3 Å². The molecule has 0 bridgehead atoms. The molecule has 2 heteroatoms. The van der Waals surface area contributed by atoms with E-state index < -0.39 is 0 Å². The molecule has 1 nitrogen and oxygen atoms in total. The van der Waals surface area contributed by atoms with Gasteiger partial charge in [-0.15, -0.1) is 0 Å². The molecule has 1 aliphatic carbocycles. The van der Waals surface area contributed by atoms with Crippen LogP contribution in [0, 0.1) is 17.7 Å². The molecule has 17 heavy (non-hydrogen) atoms. The summed E-state index contributed by atoms with van der Waals surface area (Å²) in [5, 5.41) is 0. The maximum Gasteiger partial charge on any atom is 0.123 e. The molecule has 1 saturated carbocycles. The average Bonchev–Trinajstić information content (AvgIpc) is 2.27. The fraction of sp³-hybridized carbons (Fsp3) is 0.600. The van der Waals surface area contributed by atoms with Crippen LogP contribution in [-0.2, 0) is 5.41 Å². The zero-order valence-electron chi connectivity index (χ0n) is 10.9. The Labute approximate surface area is 103 Å². The summed E-state index contributed by atoms with van der Waals surface area (Å²) in [5.74, 6) is 1.06. The summed E-state index contributed by atoms with van der Waals surface area (Å²) in [5.41, 5.74) is 7.37. The van der Waals surface area contributed by atoms with E-state index in [1.165, 1.54) is 5.56 Å². The average molecular weight is 235 g/mol. The molecule has 0 radical (unpaired) electrons. The van der Waals surface area contributed by atoms with Crippen molar-refractivity contribution >= 4 is 0 Å². The van der Waals surface area contributed by atoms with Crippen LogP contribution in [0.4, 0.5) is 4.39 Å². The lowest BCUT2D eigenvalue weighted by atomic mass is 9.55. The van der Waals surface area contributed by atoms with Gasteiger partial charge < -0.3 is 5.73 Å². The summed E-state index contributed by atoms with van der Waals surface area (Å²) in [6, 6.07) is 7.27. The molecule has 3 unspecified atom stereocenters. The largest absolute Gasteiger partial charge is 0.327 e. The van der Waals surface area contributed by atoms with Gasteiger partial charge in [0.2, 0.25) is 0 Å². The number of hydrogen-bond acceptors (Lipinski definition) is 1. The first-order chi connectivity index (χ1) is 7.96. The molecule has 1 aromatic rings. The van der Waals surface area contributed by atoms with Gasteiger partial charge in [-0.05, 0) is 41.4 Å². The smallest absolute Gasteiger partial charge is 0.123 e. The van der Waals surface area contributed by atoms with E-state index in [0.29, 0.717) is 17.9 Å². The molecule has 0 aliphatic heterocycles. The topological polar surface area (TPSA) is 26.0 Å². The molecule has 0 aromatic heterocycles. The van der Waals surface area contributed by atoms with Gasteiger partial charge in [0, 0.05) is 6.04 Å². The second-order valence-corrected chi connectivity index (χ2v) is 5.81. The summed E-state index contributed by atoms with van der Waals surface area (Å²) >= 11 is 0. The van der Waals surface area contributed by atoms with Crippen molar-refractivity contribution < 1.29 is 4.39 Å². The predicted molar refractivity (Wildman–Crippen MR) is 69.3 cm³/mol. The third kappa shape index (κ3) is 2.11. The number of rotatable bonds is 3. The molecule has 2 rings (SSSR count). The molecule has 3 atom stereocenters. The van der Waals surface area contributed by atoms with Crippen molar-refractivity contribution in [3.8, 4) is 0 Å². The van der Waals surface area contributed by atoms with Crippen molar-refractivity contribution in [3.63, 3.8) is 0 Å². The van der Waals surface area contributed by atoms with Gasteiger partial charge in [-0.2, -0.15) is 0 Å². The highest BCUT2D eigenvalue weighted by Gasteiger charge is 2.46. The molecule has 2 N–H and O–H groups in total. The van der Waals surface area contributed by atoms with Crippen LogP contribution >= 0.6 is 0 Å². The lowest BCUT2D eigenvalue weighted by Crippen LogP contribution is -2.54. The molecule has 1 fully saturated rings. The van der Waals surface area contributed by atoms with E-state index in [9.17, 15) is 4.39 Å². The quantitative estimate of drug-likeness (QED) is 0.853. The summed E-state index contributed by atoms with van der Waals surface area (Å²) in [6.45, 7) is 6.70. The van der Waals surface area contributed by atoms with Crippen LogP contribution in [0.2, 0.25) is 0 Å². The fourth-order valence-electron chi connectivity index (χ4n) is 3.26. The highest BCUT2D eigenvalue weighted by molar-refractivity contribution is 5.27. The monoisotopic (exact) mass is 235 g/mol. The number of benzene rings is 1. The summed E-state index contributed by atoms with van der Waals surface area (Å²) in [7, 11) is 0. The number of hydrogen-bond donors (Lipinski definition) is 1. The Morgan fingerprint density at radius 3 is 2.35 bits per heavy atom. The molecule has 0 amide bonds. The Bertz CT molecular complexity index is 382. The Hall–Kier alpha value is -0.890. The van der Waals surface area contributed by atoms with Crippen LogP contribution < -0.4 is 5.73 Å². The minimum atomic E-state index is -0.165. The Balaban J connectivity index is 2.21. The second kappa shape index (κ2) is 4.41. The third-order valence-electron chi connectivity index (χ3n) is 4.58. The minimum Gasteiger partial charge on any atom is -0.327 e. The second-order valence-electron chi connectivity index (χ2n) is 5.81. The number of halogens is 1. The highest BCUT2D eigenvalue weighted by Crippen LogP contribution is 2.48. The Kier molecular flexibility index (Phi) is 3.26. The normalized spacial score (nSPS) is 28.9. The first-order valence-electron chi connectivity index (χ1n) is 6.48. The van der Waals surface area contributed by atoms with Crippen molar-refractivity contribution in [3.05, 3.63) is 35.6 Å². The summed E-state index contributed by atoms with van der Waals surface area (Å²) in [6.07, 6.45) is 2.22. The van der Waals surface area contributed by atoms with E-state index in [1.807, 2.05) is 12.1 Å². The first-order valence-corrected chi connectivity index (χ1v) is 6.48. The first kappa shape index (κ1) is 12.6. The Morgan fingerprint density at radius 1 is 1.29 bits per heavy atom. The van der Waals surface area contributed by atoms with E-state index in [0.717, 1.165) is 12.8 Å². The highest BCUT2D eigenvalue weighted by atomic mass is 19.1. The zero-order chi connectivity index (χ0) is 12.6. The standard InChI is InChI=1S/C15H22FN/c1-4-12-13(9-14(12)17)15(2,3)10-5-7-11(16)8-6-10/h5-8,12-14H,4,9,17H2,1-3H3. The maximum atomic E-state index is 13.0. The third-order valence-corrected chi connectivity index (χ3v) is 4.58. The van der Waals surface area contributed by atoms with Crippen LogP contribution in [-0.4, -0.2) is 6.04 Å². The van der Waals surface area contributed by atoms with Gasteiger partial charge in [-0.25, -0.2) is 4.39 Å². The van der Waals surface area contributed by atoms with E-state index in [2.05, 4.69) is 20.8 Å². The van der Waals surface area contributed by atoms with Gasteiger partial charge in [0.05, 0.1) is 0 Å². The van der Waals surface area contributed by atoms with Gasteiger partial charge in [-0.3, -0.25) is 0 Å². The molecule has 0 spiro atoms. The molecule has 0 heterocycles. The fourth-order valence-corrected chi connectivity index (χ4v) is 3.26. The summed E-state index contributed by atoms with van der Waals surface area (Å²) < 4.78 is 13.0. The van der Waals surface area contributed by atoms with Crippen molar-refractivity contribution in [1.82, 2.24) is 0 Å². The molecule has 0 saturated heterocycles. The SMILES string of the molecule is CCC1C(N)CC1C(C)(C)c1ccc(F)cc1. The van der Waals surface area contributed by atoms with Crippen molar-refractivity contribution in [1.29, 1.82) is 0 Å². The van der Waals surface area contributed by atoms with Crippen LogP contribution in [0.15, 0.2) is 24.3 Å². The molecule has 1 aliphatic rings. The van der Waals surface area contributed by atoms with Crippen LogP contribution in [0.5, 0.6) is 0 Å².